The Morgan fingerprint density at radius 1 is 1.50 bits per heavy atom. The molecule has 0 bridgehead atoms. The predicted molar refractivity (Wildman–Crippen MR) is 70.9 cm³/mol. The summed E-state index contributed by atoms with van der Waals surface area (Å²) < 4.78 is 8.53. The summed E-state index contributed by atoms with van der Waals surface area (Å²) in [6.45, 7) is 2.88. The van der Waals surface area contributed by atoms with Gasteiger partial charge in [-0.25, -0.2) is 9.48 Å². The Kier molecular flexibility index (Phi) is 3.25. The third-order valence-corrected chi connectivity index (χ3v) is 3.31. The summed E-state index contributed by atoms with van der Waals surface area (Å²) in [4.78, 5) is 12.0. The molecule has 0 amide bonds. The average Bonchev–Trinajstić information content (AvgIpc) is 2.96. The Labute approximate surface area is 116 Å². The minimum absolute atomic E-state index is 0.264. The summed E-state index contributed by atoms with van der Waals surface area (Å²) in [6.07, 6.45) is 5.98. The molecule has 7 heteroatoms. The molecule has 0 aromatic carbocycles. The average molecular weight is 275 g/mol. The van der Waals surface area contributed by atoms with E-state index in [2.05, 4.69) is 15.4 Å². The van der Waals surface area contributed by atoms with Gasteiger partial charge >= 0.3 is 5.97 Å². The highest BCUT2D eigenvalue weighted by atomic mass is 16.5. The molecule has 2 aromatic rings. The van der Waals surface area contributed by atoms with Crippen LogP contribution in [0, 0.1) is 5.92 Å². The third-order valence-electron chi connectivity index (χ3n) is 3.31. The molecule has 0 unspecified atom stereocenters. The van der Waals surface area contributed by atoms with Crippen LogP contribution in [0.3, 0.4) is 0 Å². The van der Waals surface area contributed by atoms with Gasteiger partial charge in [0.15, 0.2) is 5.69 Å². The predicted octanol–water partition coefficient (Wildman–Crippen LogP) is 1.27. The number of aryl methyl sites for hydroxylation is 1. The summed E-state index contributed by atoms with van der Waals surface area (Å²) in [5.41, 5.74) is 1.80. The number of rotatable bonds is 5. The minimum atomic E-state index is -0.437. The van der Waals surface area contributed by atoms with Gasteiger partial charge < -0.3 is 4.74 Å². The maximum Gasteiger partial charge on any atom is 0.361 e. The van der Waals surface area contributed by atoms with Crippen molar-refractivity contribution in [1.29, 1.82) is 0 Å². The molecule has 1 aliphatic carbocycles. The van der Waals surface area contributed by atoms with Crippen LogP contribution in [-0.4, -0.2) is 37.4 Å². The number of carbonyl (C=O) groups is 1. The fraction of sp³-hybridized carbons (Fsp3) is 0.538. The lowest BCUT2D eigenvalue weighted by Gasteiger charge is -2.05. The molecule has 2 heterocycles. The van der Waals surface area contributed by atoms with Crippen LogP contribution in [0.25, 0.3) is 11.3 Å². The zero-order chi connectivity index (χ0) is 14.1. The maximum absolute atomic E-state index is 12.0. The van der Waals surface area contributed by atoms with Gasteiger partial charge in [-0.1, -0.05) is 5.21 Å². The van der Waals surface area contributed by atoms with Gasteiger partial charge in [-0.2, -0.15) is 5.10 Å². The number of aromatic nitrogens is 5. The van der Waals surface area contributed by atoms with Crippen molar-refractivity contribution in [2.75, 3.05) is 6.61 Å². The van der Waals surface area contributed by atoms with E-state index in [0.717, 1.165) is 12.1 Å². The van der Waals surface area contributed by atoms with Crippen molar-refractivity contribution in [3.8, 4) is 11.3 Å². The van der Waals surface area contributed by atoms with Crippen molar-refractivity contribution in [3.63, 3.8) is 0 Å². The van der Waals surface area contributed by atoms with Gasteiger partial charge in [0.2, 0.25) is 0 Å². The zero-order valence-corrected chi connectivity index (χ0v) is 11.6. The van der Waals surface area contributed by atoms with Gasteiger partial charge in [-0.15, -0.1) is 5.10 Å². The first-order valence-electron chi connectivity index (χ1n) is 6.78. The van der Waals surface area contributed by atoms with Crippen molar-refractivity contribution in [3.05, 3.63) is 18.1 Å². The quantitative estimate of drug-likeness (QED) is 0.768. The van der Waals surface area contributed by atoms with Crippen LogP contribution in [-0.2, 0) is 18.3 Å². The van der Waals surface area contributed by atoms with Gasteiger partial charge in [-0.05, 0) is 25.7 Å². The van der Waals surface area contributed by atoms with Gasteiger partial charge in [0.25, 0.3) is 0 Å². The zero-order valence-electron chi connectivity index (χ0n) is 11.6. The number of hydrogen-bond donors (Lipinski definition) is 0. The standard InChI is InChI=1S/C13H17N5O2/c1-3-20-13(19)11-12(10-6-14-17(2)8-10)18(16-15-11)7-9-4-5-9/h6,8-9H,3-5,7H2,1-2H3. The molecule has 106 valence electrons. The minimum Gasteiger partial charge on any atom is -0.461 e. The molecule has 2 aromatic heterocycles. The first kappa shape index (κ1) is 12.8. The van der Waals surface area contributed by atoms with Crippen molar-refractivity contribution in [1.82, 2.24) is 24.8 Å². The maximum atomic E-state index is 12.0. The number of nitrogens with zero attached hydrogens (tertiary/aromatic N) is 5. The number of ether oxygens (including phenoxy) is 1. The van der Waals surface area contributed by atoms with Crippen molar-refractivity contribution < 1.29 is 9.53 Å². The van der Waals surface area contributed by atoms with Crippen molar-refractivity contribution in [2.45, 2.75) is 26.3 Å². The second-order valence-corrected chi connectivity index (χ2v) is 5.04. The highest BCUT2D eigenvalue weighted by Gasteiger charge is 2.28. The smallest absolute Gasteiger partial charge is 0.361 e. The van der Waals surface area contributed by atoms with E-state index in [4.69, 9.17) is 4.74 Å². The largest absolute Gasteiger partial charge is 0.461 e. The van der Waals surface area contributed by atoms with E-state index in [1.165, 1.54) is 12.8 Å². The highest BCUT2D eigenvalue weighted by molar-refractivity contribution is 5.93. The van der Waals surface area contributed by atoms with Crippen molar-refractivity contribution in [2.24, 2.45) is 13.0 Å². The molecular weight excluding hydrogens is 258 g/mol. The second kappa shape index (κ2) is 5.07. The highest BCUT2D eigenvalue weighted by Crippen LogP contribution is 2.32. The molecule has 1 fully saturated rings. The topological polar surface area (TPSA) is 74.8 Å². The molecule has 0 spiro atoms. The molecule has 0 aliphatic heterocycles. The lowest BCUT2D eigenvalue weighted by atomic mass is 10.2. The molecule has 0 atom stereocenters. The normalized spacial score (nSPS) is 14.5. The number of carbonyl (C=O) groups excluding carboxylic acids is 1. The van der Waals surface area contributed by atoms with Gasteiger partial charge in [0.1, 0.15) is 5.69 Å². The Hall–Kier alpha value is -2.18. The summed E-state index contributed by atoms with van der Waals surface area (Å²) >= 11 is 0. The van der Waals surface area contributed by atoms with E-state index in [-0.39, 0.29) is 5.69 Å². The molecule has 1 saturated carbocycles. The van der Waals surface area contributed by atoms with Gasteiger partial charge in [-0.3, -0.25) is 4.68 Å². The first-order valence-corrected chi connectivity index (χ1v) is 6.78. The van der Waals surface area contributed by atoms with Crippen LogP contribution in [0.15, 0.2) is 12.4 Å². The van der Waals surface area contributed by atoms with E-state index < -0.39 is 5.97 Å². The summed E-state index contributed by atoms with van der Waals surface area (Å²) in [7, 11) is 1.84. The van der Waals surface area contributed by atoms with Crippen LogP contribution < -0.4 is 0 Å². The summed E-state index contributed by atoms with van der Waals surface area (Å²) in [5, 5.41) is 12.3. The molecule has 1 aliphatic rings. The van der Waals surface area contributed by atoms with Crippen LogP contribution in [0.2, 0.25) is 0 Å². The molecule has 20 heavy (non-hydrogen) atoms. The Balaban J connectivity index is 2.01. The number of esters is 1. The van der Waals surface area contributed by atoms with Gasteiger partial charge in [0, 0.05) is 25.4 Å². The van der Waals surface area contributed by atoms with E-state index in [9.17, 15) is 4.79 Å². The fourth-order valence-electron chi connectivity index (χ4n) is 2.15. The molecule has 3 rings (SSSR count). The lowest BCUT2D eigenvalue weighted by Crippen LogP contribution is -2.09. The molecular formula is C13H17N5O2. The van der Waals surface area contributed by atoms with Crippen LogP contribution in [0.5, 0.6) is 0 Å². The molecule has 0 saturated heterocycles. The molecule has 7 nitrogen and oxygen atoms in total. The fourth-order valence-corrected chi connectivity index (χ4v) is 2.15. The Morgan fingerprint density at radius 3 is 2.90 bits per heavy atom. The van der Waals surface area contributed by atoms with E-state index in [0.29, 0.717) is 18.2 Å². The van der Waals surface area contributed by atoms with E-state index in [1.54, 1.807) is 22.5 Å². The second-order valence-electron chi connectivity index (χ2n) is 5.04. The van der Waals surface area contributed by atoms with Gasteiger partial charge in [0.05, 0.1) is 12.8 Å². The SMILES string of the molecule is CCOC(=O)c1nnn(CC2CC2)c1-c1cnn(C)c1. The molecule has 0 radical (unpaired) electrons. The summed E-state index contributed by atoms with van der Waals surface area (Å²) in [6, 6.07) is 0. The monoisotopic (exact) mass is 275 g/mol. The van der Waals surface area contributed by atoms with E-state index in [1.807, 2.05) is 13.2 Å². The van der Waals surface area contributed by atoms with Crippen LogP contribution >= 0.6 is 0 Å². The Morgan fingerprint density at radius 2 is 2.30 bits per heavy atom. The van der Waals surface area contributed by atoms with Crippen LogP contribution in [0.1, 0.15) is 30.3 Å². The third kappa shape index (κ3) is 2.43. The first-order chi connectivity index (χ1) is 9.69. The lowest BCUT2D eigenvalue weighted by molar-refractivity contribution is 0.0520. The van der Waals surface area contributed by atoms with Crippen LogP contribution in [0.4, 0.5) is 0 Å². The van der Waals surface area contributed by atoms with Crippen molar-refractivity contribution >= 4 is 5.97 Å². The summed E-state index contributed by atoms with van der Waals surface area (Å²) in [5.74, 6) is 0.204. The van der Waals surface area contributed by atoms with E-state index >= 15 is 0 Å². The Bertz CT molecular complexity index is 626. The number of hydrogen-bond acceptors (Lipinski definition) is 5. The molecule has 0 N–H and O–H groups in total.